The van der Waals surface area contributed by atoms with Gasteiger partial charge in [-0.25, -0.2) is 9.78 Å². The summed E-state index contributed by atoms with van der Waals surface area (Å²) in [7, 11) is 0. The zero-order chi connectivity index (χ0) is 14.5. The number of aromatic nitrogens is 4. The van der Waals surface area contributed by atoms with Crippen molar-refractivity contribution in [1.82, 2.24) is 19.7 Å². The van der Waals surface area contributed by atoms with Crippen LogP contribution in [0.5, 0.6) is 0 Å². The molecule has 7 nitrogen and oxygen atoms in total. The molecule has 2 aromatic rings. The normalized spacial score (nSPS) is 10.5. The smallest absolute Gasteiger partial charge is 0.360 e. The highest BCUT2D eigenvalue weighted by Crippen LogP contribution is 2.17. The van der Waals surface area contributed by atoms with Gasteiger partial charge in [-0.2, -0.15) is 10.2 Å². The molecule has 0 bridgehead atoms. The van der Waals surface area contributed by atoms with Crippen LogP contribution in [0.4, 0.5) is 5.82 Å². The van der Waals surface area contributed by atoms with Gasteiger partial charge in [-0.05, 0) is 19.1 Å². The molecule has 2 rings (SSSR count). The molecule has 20 heavy (non-hydrogen) atoms. The second-order valence-corrected chi connectivity index (χ2v) is 4.14. The van der Waals surface area contributed by atoms with E-state index in [1.807, 2.05) is 13.0 Å². The highest BCUT2D eigenvalue weighted by atomic mass is 16.5. The van der Waals surface area contributed by atoms with Crippen LogP contribution in [0.2, 0.25) is 0 Å². The van der Waals surface area contributed by atoms with Gasteiger partial charge in [-0.1, -0.05) is 6.92 Å². The minimum Gasteiger partial charge on any atom is -0.461 e. The van der Waals surface area contributed by atoms with Crippen LogP contribution in [0.25, 0.3) is 0 Å². The molecule has 0 aromatic carbocycles. The quantitative estimate of drug-likeness (QED) is 0.819. The van der Waals surface area contributed by atoms with Crippen LogP contribution < -0.4 is 5.73 Å². The zero-order valence-electron chi connectivity index (χ0n) is 11.5. The number of aryl methyl sites for hydroxylation is 1. The third-order valence-electron chi connectivity index (χ3n) is 2.82. The minimum atomic E-state index is -0.502. The maximum atomic E-state index is 11.8. The lowest BCUT2D eigenvalue weighted by Gasteiger charge is -2.07. The predicted octanol–water partition coefficient (Wildman–Crippen LogP) is 1.04. The number of nitrogens with two attached hydrogens (primary N) is 1. The van der Waals surface area contributed by atoms with Crippen molar-refractivity contribution < 1.29 is 9.53 Å². The summed E-state index contributed by atoms with van der Waals surface area (Å²) in [6.07, 6.45) is 2.26. The highest BCUT2D eigenvalue weighted by Gasteiger charge is 2.21. The van der Waals surface area contributed by atoms with Gasteiger partial charge in [0.15, 0.2) is 5.69 Å². The average Bonchev–Trinajstić information content (AvgIpc) is 2.77. The largest absolute Gasteiger partial charge is 0.461 e. The number of anilines is 1. The second kappa shape index (κ2) is 6.14. The number of carbonyl (C=O) groups is 1. The van der Waals surface area contributed by atoms with Gasteiger partial charge in [-0.3, -0.25) is 0 Å². The molecule has 0 amide bonds. The molecule has 0 spiro atoms. The first kappa shape index (κ1) is 14.0. The SMILES string of the molecule is CCOC(=O)c1nc(CC)n(Cc2cccnn2)c1N. The van der Waals surface area contributed by atoms with Gasteiger partial charge in [0.1, 0.15) is 11.6 Å². The maximum absolute atomic E-state index is 11.8. The molecular formula is C13H17N5O2. The van der Waals surface area contributed by atoms with E-state index in [-0.39, 0.29) is 12.3 Å². The van der Waals surface area contributed by atoms with Crippen LogP contribution in [0.15, 0.2) is 18.3 Å². The van der Waals surface area contributed by atoms with Crippen molar-refractivity contribution in [3.63, 3.8) is 0 Å². The Balaban J connectivity index is 2.35. The first-order valence-electron chi connectivity index (χ1n) is 6.45. The molecule has 0 unspecified atom stereocenters. The van der Waals surface area contributed by atoms with Gasteiger partial charge in [0.2, 0.25) is 0 Å². The van der Waals surface area contributed by atoms with Crippen LogP contribution in [0, 0.1) is 0 Å². The van der Waals surface area contributed by atoms with Crippen LogP contribution >= 0.6 is 0 Å². The Kier molecular flexibility index (Phi) is 4.29. The average molecular weight is 275 g/mol. The van der Waals surface area contributed by atoms with Crippen molar-refractivity contribution in [2.45, 2.75) is 26.8 Å². The topological polar surface area (TPSA) is 95.9 Å². The lowest BCUT2D eigenvalue weighted by Crippen LogP contribution is -2.11. The summed E-state index contributed by atoms with van der Waals surface area (Å²) in [5.74, 6) is 0.514. The van der Waals surface area contributed by atoms with Crippen molar-refractivity contribution >= 4 is 11.8 Å². The third kappa shape index (κ3) is 2.76. The predicted molar refractivity (Wildman–Crippen MR) is 73.1 cm³/mol. The van der Waals surface area contributed by atoms with Gasteiger partial charge in [0, 0.05) is 12.6 Å². The Bertz CT molecular complexity index is 594. The lowest BCUT2D eigenvalue weighted by atomic mass is 10.3. The van der Waals surface area contributed by atoms with Crippen molar-refractivity contribution in [2.75, 3.05) is 12.3 Å². The first-order valence-corrected chi connectivity index (χ1v) is 6.45. The number of esters is 1. The molecule has 0 saturated carbocycles. The van der Waals surface area contributed by atoms with Crippen molar-refractivity contribution in [1.29, 1.82) is 0 Å². The van der Waals surface area contributed by atoms with E-state index in [1.54, 1.807) is 23.8 Å². The van der Waals surface area contributed by atoms with E-state index < -0.39 is 5.97 Å². The summed E-state index contributed by atoms with van der Waals surface area (Å²) in [6.45, 7) is 4.40. The zero-order valence-corrected chi connectivity index (χ0v) is 11.5. The molecule has 2 N–H and O–H groups in total. The number of hydrogen-bond donors (Lipinski definition) is 1. The first-order chi connectivity index (χ1) is 9.67. The Morgan fingerprint density at radius 1 is 1.45 bits per heavy atom. The van der Waals surface area contributed by atoms with Crippen LogP contribution in [-0.2, 0) is 17.7 Å². The molecule has 106 valence electrons. The number of imidazole rings is 1. The van der Waals surface area contributed by atoms with Gasteiger partial charge < -0.3 is 15.0 Å². The standard InChI is InChI=1S/C13H17N5O2/c1-3-10-16-11(13(19)20-4-2)12(14)18(10)8-9-6-5-7-15-17-9/h5-7H,3-4,8,14H2,1-2H3. The van der Waals surface area contributed by atoms with Gasteiger partial charge >= 0.3 is 5.97 Å². The summed E-state index contributed by atoms with van der Waals surface area (Å²) < 4.78 is 6.71. The van der Waals surface area contributed by atoms with E-state index in [4.69, 9.17) is 10.5 Å². The summed E-state index contributed by atoms with van der Waals surface area (Å²) >= 11 is 0. The van der Waals surface area contributed by atoms with E-state index >= 15 is 0 Å². The minimum absolute atomic E-state index is 0.160. The fourth-order valence-electron chi connectivity index (χ4n) is 1.89. The fraction of sp³-hybridized carbons (Fsp3) is 0.385. The lowest BCUT2D eigenvalue weighted by molar-refractivity contribution is 0.0521. The number of ether oxygens (including phenoxy) is 1. The number of hydrogen-bond acceptors (Lipinski definition) is 6. The fourth-order valence-corrected chi connectivity index (χ4v) is 1.89. The van der Waals surface area contributed by atoms with Crippen LogP contribution in [0.3, 0.4) is 0 Å². The summed E-state index contributed by atoms with van der Waals surface area (Å²) in [5, 5.41) is 7.83. The van der Waals surface area contributed by atoms with E-state index in [0.29, 0.717) is 18.8 Å². The van der Waals surface area contributed by atoms with E-state index in [2.05, 4.69) is 15.2 Å². The van der Waals surface area contributed by atoms with E-state index in [0.717, 1.165) is 11.5 Å². The van der Waals surface area contributed by atoms with E-state index in [9.17, 15) is 4.79 Å². The highest BCUT2D eigenvalue weighted by molar-refractivity contribution is 5.92. The molecule has 2 heterocycles. The van der Waals surface area contributed by atoms with Crippen molar-refractivity contribution in [3.05, 3.63) is 35.5 Å². The number of carbonyl (C=O) groups excluding carboxylic acids is 1. The number of rotatable bonds is 5. The number of nitrogen functional groups attached to an aromatic ring is 1. The van der Waals surface area contributed by atoms with Gasteiger partial charge in [0.25, 0.3) is 0 Å². The third-order valence-corrected chi connectivity index (χ3v) is 2.82. The van der Waals surface area contributed by atoms with Crippen molar-refractivity contribution in [2.24, 2.45) is 0 Å². The molecule has 2 aromatic heterocycles. The molecule has 0 aliphatic heterocycles. The Labute approximate surface area is 116 Å². The summed E-state index contributed by atoms with van der Waals surface area (Å²) in [6, 6.07) is 3.64. The Morgan fingerprint density at radius 2 is 2.25 bits per heavy atom. The van der Waals surface area contributed by atoms with Crippen LogP contribution in [-0.4, -0.2) is 32.3 Å². The van der Waals surface area contributed by atoms with Crippen molar-refractivity contribution in [3.8, 4) is 0 Å². The van der Waals surface area contributed by atoms with Crippen LogP contribution in [0.1, 0.15) is 35.9 Å². The van der Waals surface area contributed by atoms with Gasteiger partial charge in [0.05, 0.1) is 18.8 Å². The summed E-state index contributed by atoms with van der Waals surface area (Å²) in [5.41, 5.74) is 6.92. The van der Waals surface area contributed by atoms with E-state index in [1.165, 1.54) is 0 Å². The molecule has 0 aliphatic rings. The summed E-state index contributed by atoms with van der Waals surface area (Å²) in [4.78, 5) is 16.1. The molecule has 0 aliphatic carbocycles. The molecule has 0 radical (unpaired) electrons. The molecule has 0 fully saturated rings. The second-order valence-electron chi connectivity index (χ2n) is 4.14. The molecule has 7 heteroatoms. The molecular weight excluding hydrogens is 258 g/mol. The maximum Gasteiger partial charge on any atom is 0.360 e. The Morgan fingerprint density at radius 3 is 2.85 bits per heavy atom. The molecule has 0 saturated heterocycles. The number of nitrogens with zero attached hydrogens (tertiary/aromatic N) is 4. The Hall–Kier alpha value is -2.44. The monoisotopic (exact) mass is 275 g/mol. The van der Waals surface area contributed by atoms with Gasteiger partial charge in [-0.15, -0.1) is 0 Å². The molecule has 0 atom stereocenters.